The summed E-state index contributed by atoms with van der Waals surface area (Å²) < 4.78 is 31.3. The van der Waals surface area contributed by atoms with Gasteiger partial charge in [-0.3, -0.25) is 0 Å². The fourth-order valence-electron chi connectivity index (χ4n) is 1.89. The van der Waals surface area contributed by atoms with Crippen LogP contribution in [0.3, 0.4) is 0 Å². The van der Waals surface area contributed by atoms with Gasteiger partial charge in [0.05, 0.1) is 6.61 Å². The van der Waals surface area contributed by atoms with Crippen LogP contribution in [0.4, 0.5) is 8.78 Å². The molecular formula is C11H12F2O4. The Morgan fingerprint density at radius 2 is 1.88 bits per heavy atom. The smallest absolute Gasteiger partial charge is 0.132 e. The van der Waals surface area contributed by atoms with Crippen molar-refractivity contribution < 1.29 is 28.8 Å². The number of aliphatic hydroxyl groups excluding tert-OH is 3. The Bertz CT molecular complexity index is 412. The van der Waals surface area contributed by atoms with Crippen LogP contribution in [0.15, 0.2) is 18.2 Å². The third kappa shape index (κ3) is 2.16. The molecule has 1 heterocycles. The molecule has 0 aliphatic carbocycles. The number of rotatable bonds is 2. The highest BCUT2D eigenvalue weighted by Gasteiger charge is 2.43. The summed E-state index contributed by atoms with van der Waals surface area (Å²) in [7, 11) is 0. The summed E-state index contributed by atoms with van der Waals surface area (Å²) in [6.45, 7) is -0.489. The molecule has 6 heteroatoms. The van der Waals surface area contributed by atoms with Crippen molar-refractivity contribution in [3.05, 3.63) is 35.4 Å². The Morgan fingerprint density at radius 1 is 1.18 bits per heavy atom. The van der Waals surface area contributed by atoms with Gasteiger partial charge in [-0.15, -0.1) is 0 Å². The fraction of sp³-hybridized carbons (Fsp3) is 0.455. The maximum Gasteiger partial charge on any atom is 0.132 e. The van der Waals surface area contributed by atoms with E-state index >= 15 is 0 Å². The SMILES string of the molecule is OC[C@H]1O[C@@H](c2ccc(F)cc2F)[C@@H](O)C1O. The lowest BCUT2D eigenvalue weighted by atomic mass is 10.0. The third-order valence-electron chi connectivity index (χ3n) is 2.81. The molecule has 1 aliphatic heterocycles. The van der Waals surface area contributed by atoms with E-state index < -0.39 is 42.7 Å². The predicted octanol–water partition coefficient (Wildman–Crippen LogP) is 0.119. The van der Waals surface area contributed by atoms with Crippen molar-refractivity contribution >= 4 is 0 Å². The monoisotopic (exact) mass is 246 g/mol. The zero-order valence-electron chi connectivity index (χ0n) is 8.75. The van der Waals surface area contributed by atoms with Crippen molar-refractivity contribution in [1.29, 1.82) is 0 Å². The van der Waals surface area contributed by atoms with E-state index in [4.69, 9.17) is 9.84 Å². The Balaban J connectivity index is 2.29. The quantitative estimate of drug-likeness (QED) is 0.693. The van der Waals surface area contributed by atoms with E-state index in [0.29, 0.717) is 6.07 Å². The second-order valence-electron chi connectivity index (χ2n) is 3.92. The highest BCUT2D eigenvalue weighted by molar-refractivity contribution is 5.23. The first-order valence-electron chi connectivity index (χ1n) is 5.12. The fourth-order valence-corrected chi connectivity index (χ4v) is 1.89. The van der Waals surface area contributed by atoms with Gasteiger partial charge < -0.3 is 20.1 Å². The molecule has 0 bridgehead atoms. The van der Waals surface area contributed by atoms with Gasteiger partial charge in [-0.05, 0) is 6.07 Å². The lowest BCUT2D eigenvalue weighted by Crippen LogP contribution is -2.32. The van der Waals surface area contributed by atoms with Crippen LogP contribution in [-0.2, 0) is 4.74 Å². The molecular weight excluding hydrogens is 234 g/mol. The van der Waals surface area contributed by atoms with Crippen molar-refractivity contribution in [1.82, 2.24) is 0 Å². The standard InChI is InChI=1S/C11H12F2O4/c12-5-1-2-6(7(13)3-5)11-10(16)9(15)8(4-14)17-11/h1-3,8-11,14-16H,4H2/t8-,9?,10+,11+/m1/s1. The minimum absolute atomic E-state index is 0.0473. The third-order valence-corrected chi connectivity index (χ3v) is 2.81. The number of halogens is 2. The molecule has 1 fully saturated rings. The van der Waals surface area contributed by atoms with Crippen molar-refractivity contribution in [3.8, 4) is 0 Å². The van der Waals surface area contributed by atoms with Gasteiger partial charge in [0.2, 0.25) is 0 Å². The summed E-state index contributed by atoms with van der Waals surface area (Å²) in [6.07, 6.45) is -4.73. The average Bonchev–Trinajstić information content (AvgIpc) is 2.57. The molecule has 1 unspecified atom stereocenters. The Morgan fingerprint density at radius 3 is 2.41 bits per heavy atom. The molecule has 0 saturated carbocycles. The second kappa shape index (κ2) is 4.66. The summed E-state index contributed by atoms with van der Waals surface area (Å²) in [6, 6.07) is 2.85. The molecule has 2 rings (SSSR count). The molecule has 0 spiro atoms. The van der Waals surface area contributed by atoms with Crippen LogP contribution >= 0.6 is 0 Å². The normalized spacial score (nSPS) is 33.0. The number of benzene rings is 1. The van der Waals surface area contributed by atoms with Crippen LogP contribution in [0.5, 0.6) is 0 Å². The molecule has 17 heavy (non-hydrogen) atoms. The van der Waals surface area contributed by atoms with Gasteiger partial charge in [-0.2, -0.15) is 0 Å². The van der Waals surface area contributed by atoms with Crippen molar-refractivity contribution in [2.75, 3.05) is 6.61 Å². The maximum absolute atomic E-state index is 13.5. The zero-order chi connectivity index (χ0) is 12.6. The Kier molecular flexibility index (Phi) is 3.39. The van der Waals surface area contributed by atoms with E-state index in [9.17, 15) is 19.0 Å². The lowest BCUT2D eigenvalue weighted by Gasteiger charge is -2.15. The van der Waals surface area contributed by atoms with E-state index in [1.807, 2.05) is 0 Å². The van der Waals surface area contributed by atoms with Gasteiger partial charge in [-0.1, -0.05) is 6.07 Å². The minimum Gasteiger partial charge on any atom is -0.394 e. The first-order chi connectivity index (χ1) is 8.04. The lowest BCUT2D eigenvalue weighted by molar-refractivity contribution is -0.0237. The minimum atomic E-state index is -1.35. The summed E-state index contributed by atoms with van der Waals surface area (Å²) in [5.41, 5.74) is -0.0473. The van der Waals surface area contributed by atoms with Crippen LogP contribution in [0.2, 0.25) is 0 Å². The van der Waals surface area contributed by atoms with Gasteiger partial charge in [0.1, 0.15) is 36.1 Å². The van der Waals surface area contributed by atoms with E-state index in [-0.39, 0.29) is 5.56 Å². The topological polar surface area (TPSA) is 69.9 Å². The first kappa shape index (κ1) is 12.4. The number of ether oxygens (including phenoxy) is 1. The number of aliphatic hydroxyl groups is 3. The van der Waals surface area contributed by atoms with Crippen molar-refractivity contribution in [2.24, 2.45) is 0 Å². The molecule has 1 aromatic carbocycles. The number of hydrogen-bond donors (Lipinski definition) is 3. The van der Waals surface area contributed by atoms with Crippen LogP contribution in [0.25, 0.3) is 0 Å². The Labute approximate surface area is 96.1 Å². The summed E-state index contributed by atoms with van der Waals surface area (Å²) >= 11 is 0. The molecule has 4 atom stereocenters. The van der Waals surface area contributed by atoms with E-state index in [0.717, 1.165) is 12.1 Å². The molecule has 1 aromatic rings. The van der Waals surface area contributed by atoms with Gasteiger partial charge in [0, 0.05) is 11.6 Å². The van der Waals surface area contributed by atoms with Crippen molar-refractivity contribution in [3.63, 3.8) is 0 Å². The van der Waals surface area contributed by atoms with Crippen LogP contribution < -0.4 is 0 Å². The van der Waals surface area contributed by atoms with Gasteiger partial charge in [-0.25, -0.2) is 8.78 Å². The molecule has 4 nitrogen and oxygen atoms in total. The molecule has 94 valence electrons. The number of hydrogen-bond acceptors (Lipinski definition) is 4. The van der Waals surface area contributed by atoms with Crippen molar-refractivity contribution in [2.45, 2.75) is 24.4 Å². The van der Waals surface area contributed by atoms with E-state index in [1.165, 1.54) is 0 Å². The summed E-state index contributed by atoms with van der Waals surface area (Å²) in [5.74, 6) is -1.60. The molecule has 0 amide bonds. The molecule has 0 aromatic heterocycles. The zero-order valence-corrected chi connectivity index (χ0v) is 8.75. The van der Waals surface area contributed by atoms with Crippen LogP contribution in [-0.4, -0.2) is 40.2 Å². The highest BCUT2D eigenvalue weighted by Crippen LogP contribution is 2.34. The molecule has 0 radical (unpaired) electrons. The maximum atomic E-state index is 13.5. The first-order valence-corrected chi connectivity index (χ1v) is 5.12. The largest absolute Gasteiger partial charge is 0.394 e. The van der Waals surface area contributed by atoms with Crippen LogP contribution in [0, 0.1) is 11.6 Å². The average molecular weight is 246 g/mol. The van der Waals surface area contributed by atoms with Gasteiger partial charge in [0.15, 0.2) is 0 Å². The highest BCUT2D eigenvalue weighted by atomic mass is 19.1. The van der Waals surface area contributed by atoms with E-state index in [1.54, 1.807) is 0 Å². The molecule has 1 saturated heterocycles. The predicted molar refractivity (Wildman–Crippen MR) is 53.1 cm³/mol. The van der Waals surface area contributed by atoms with Gasteiger partial charge in [0.25, 0.3) is 0 Å². The van der Waals surface area contributed by atoms with Crippen LogP contribution in [0.1, 0.15) is 11.7 Å². The summed E-state index contributed by atoms with van der Waals surface area (Å²) in [5, 5.41) is 28.0. The van der Waals surface area contributed by atoms with E-state index in [2.05, 4.69) is 0 Å². The molecule has 1 aliphatic rings. The second-order valence-corrected chi connectivity index (χ2v) is 3.92. The van der Waals surface area contributed by atoms with Gasteiger partial charge >= 0.3 is 0 Å². The summed E-state index contributed by atoms with van der Waals surface area (Å²) in [4.78, 5) is 0. The Hall–Kier alpha value is -1.08. The molecule has 3 N–H and O–H groups in total.